The first kappa shape index (κ1) is 15.2. The number of hydrogen-bond acceptors (Lipinski definition) is 3. The van der Waals surface area contributed by atoms with Crippen molar-refractivity contribution in [1.82, 2.24) is 10.2 Å². The SMILES string of the molecule is CN1CCC(NC(=O)Nc2cc(F)ccc2C(=O)O)CC1. The Morgan fingerprint density at radius 1 is 1.33 bits per heavy atom. The molecule has 0 unspecified atom stereocenters. The topological polar surface area (TPSA) is 81.7 Å². The standard InChI is InChI=1S/C14H18FN3O3/c1-18-6-4-10(5-7-18)16-14(21)17-12-8-9(15)2-3-11(12)13(19)20/h2-3,8,10H,4-7H2,1H3,(H,19,20)(H2,16,17,21). The van der Waals surface area contributed by atoms with Crippen LogP contribution in [0, 0.1) is 5.82 Å². The number of nitrogens with one attached hydrogen (secondary N) is 2. The molecule has 0 bridgehead atoms. The fraction of sp³-hybridized carbons (Fsp3) is 0.429. The Kier molecular flexibility index (Phi) is 4.74. The molecule has 21 heavy (non-hydrogen) atoms. The number of rotatable bonds is 3. The minimum atomic E-state index is -1.22. The molecule has 3 N–H and O–H groups in total. The van der Waals surface area contributed by atoms with Crippen molar-refractivity contribution in [3.8, 4) is 0 Å². The lowest BCUT2D eigenvalue weighted by molar-refractivity contribution is 0.0698. The number of piperidine rings is 1. The van der Waals surface area contributed by atoms with Crippen molar-refractivity contribution in [3.63, 3.8) is 0 Å². The summed E-state index contributed by atoms with van der Waals surface area (Å²) >= 11 is 0. The van der Waals surface area contributed by atoms with E-state index < -0.39 is 17.8 Å². The summed E-state index contributed by atoms with van der Waals surface area (Å²) < 4.78 is 13.2. The minimum absolute atomic E-state index is 0.0445. The zero-order valence-electron chi connectivity index (χ0n) is 11.7. The van der Waals surface area contributed by atoms with E-state index in [2.05, 4.69) is 15.5 Å². The van der Waals surface area contributed by atoms with E-state index in [0.717, 1.165) is 44.1 Å². The van der Waals surface area contributed by atoms with Gasteiger partial charge in [0.15, 0.2) is 0 Å². The van der Waals surface area contributed by atoms with Crippen molar-refractivity contribution in [2.75, 3.05) is 25.5 Å². The summed E-state index contributed by atoms with van der Waals surface area (Å²) in [4.78, 5) is 25.1. The highest BCUT2D eigenvalue weighted by atomic mass is 19.1. The first-order valence-corrected chi connectivity index (χ1v) is 6.74. The lowest BCUT2D eigenvalue weighted by Crippen LogP contribution is -2.45. The van der Waals surface area contributed by atoms with E-state index in [-0.39, 0.29) is 17.3 Å². The van der Waals surface area contributed by atoms with E-state index in [9.17, 15) is 14.0 Å². The number of carboxylic acid groups (broad SMARTS) is 1. The smallest absolute Gasteiger partial charge is 0.337 e. The number of urea groups is 1. The second-order valence-corrected chi connectivity index (χ2v) is 5.17. The molecule has 2 amide bonds. The zero-order chi connectivity index (χ0) is 15.4. The summed E-state index contributed by atoms with van der Waals surface area (Å²) in [5, 5.41) is 14.2. The number of halogens is 1. The molecular formula is C14H18FN3O3. The number of amides is 2. The van der Waals surface area contributed by atoms with Crippen LogP contribution in [0.1, 0.15) is 23.2 Å². The van der Waals surface area contributed by atoms with Gasteiger partial charge in [0.25, 0.3) is 0 Å². The predicted octanol–water partition coefficient (Wildman–Crippen LogP) is 1.74. The Morgan fingerprint density at radius 3 is 2.62 bits per heavy atom. The maximum atomic E-state index is 13.2. The maximum Gasteiger partial charge on any atom is 0.337 e. The average Bonchev–Trinajstić information content (AvgIpc) is 2.41. The normalized spacial score (nSPS) is 16.5. The van der Waals surface area contributed by atoms with Crippen molar-refractivity contribution in [3.05, 3.63) is 29.6 Å². The van der Waals surface area contributed by atoms with Crippen molar-refractivity contribution in [2.45, 2.75) is 18.9 Å². The molecule has 0 radical (unpaired) electrons. The van der Waals surface area contributed by atoms with Gasteiger partial charge in [0, 0.05) is 6.04 Å². The largest absolute Gasteiger partial charge is 0.478 e. The van der Waals surface area contributed by atoms with E-state index >= 15 is 0 Å². The van der Waals surface area contributed by atoms with Crippen LogP contribution in [0.25, 0.3) is 0 Å². The van der Waals surface area contributed by atoms with Gasteiger partial charge in [-0.2, -0.15) is 0 Å². The molecule has 1 fully saturated rings. The quantitative estimate of drug-likeness (QED) is 0.793. The summed E-state index contributed by atoms with van der Waals surface area (Å²) in [6.07, 6.45) is 1.66. The molecule has 6 nitrogen and oxygen atoms in total. The third kappa shape index (κ3) is 4.16. The van der Waals surface area contributed by atoms with Gasteiger partial charge in [-0.25, -0.2) is 14.0 Å². The van der Waals surface area contributed by atoms with Gasteiger partial charge in [-0.3, -0.25) is 0 Å². The van der Waals surface area contributed by atoms with Crippen LogP contribution in [0.3, 0.4) is 0 Å². The lowest BCUT2D eigenvalue weighted by atomic mass is 10.1. The van der Waals surface area contributed by atoms with Gasteiger partial charge < -0.3 is 20.6 Å². The van der Waals surface area contributed by atoms with E-state index in [1.807, 2.05) is 7.05 Å². The highest BCUT2D eigenvalue weighted by Gasteiger charge is 2.19. The molecule has 2 rings (SSSR count). The summed E-state index contributed by atoms with van der Waals surface area (Å²) in [5.74, 6) is -1.82. The molecule has 0 spiro atoms. The average molecular weight is 295 g/mol. The third-order valence-electron chi connectivity index (χ3n) is 3.51. The monoisotopic (exact) mass is 295 g/mol. The van der Waals surface area contributed by atoms with Gasteiger partial charge in [-0.1, -0.05) is 0 Å². The molecule has 0 atom stereocenters. The second kappa shape index (κ2) is 6.53. The molecule has 0 aromatic heterocycles. The summed E-state index contributed by atoms with van der Waals surface area (Å²) in [6, 6.07) is 2.70. The van der Waals surface area contributed by atoms with Crippen molar-refractivity contribution >= 4 is 17.7 Å². The fourth-order valence-corrected chi connectivity index (χ4v) is 2.30. The molecule has 1 aromatic rings. The van der Waals surface area contributed by atoms with Crippen LogP contribution in [-0.2, 0) is 0 Å². The van der Waals surface area contributed by atoms with Crippen molar-refractivity contribution in [2.24, 2.45) is 0 Å². The summed E-state index contributed by atoms with van der Waals surface area (Å²) in [7, 11) is 2.02. The van der Waals surface area contributed by atoms with E-state index in [4.69, 9.17) is 5.11 Å². The first-order valence-electron chi connectivity index (χ1n) is 6.74. The van der Waals surface area contributed by atoms with Crippen molar-refractivity contribution < 1.29 is 19.1 Å². The second-order valence-electron chi connectivity index (χ2n) is 5.17. The van der Waals surface area contributed by atoms with Crippen LogP contribution in [0.15, 0.2) is 18.2 Å². The van der Waals surface area contributed by atoms with Crippen molar-refractivity contribution in [1.29, 1.82) is 0 Å². The Morgan fingerprint density at radius 2 is 2.00 bits per heavy atom. The molecule has 114 valence electrons. The van der Waals surface area contributed by atoms with Gasteiger partial charge >= 0.3 is 12.0 Å². The van der Waals surface area contributed by atoms with E-state index in [1.54, 1.807) is 0 Å². The maximum absolute atomic E-state index is 13.2. The Hall–Kier alpha value is -2.15. The van der Waals surface area contributed by atoms with Gasteiger partial charge in [-0.05, 0) is 51.2 Å². The minimum Gasteiger partial charge on any atom is -0.478 e. The van der Waals surface area contributed by atoms with Crippen LogP contribution < -0.4 is 10.6 Å². The van der Waals surface area contributed by atoms with Gasteiger partial charge in [0.2, 0.25) is 0 Å². The Labute approximate surface area is 121 Å². The number of nitrogens with zero attached hydrogens (tertiary/aromatic N) is 1. The molecule has 1 aliphatic rings. The number of aromatic carboxylic acids is 1. The fourth-order valence-electron chi connectivity index (χ4n) is 2.30. The molecule has 1 aromatic carbocycles. The number of benzene rings is 1. The van der Waals surface area contributed by atoms with E-state index in [1.165, 1.54) is 0 Å². The number of hydrogen-bond donors (Lipinski definition) is 3. The van der Waals surface area contributed by atoms with Gasteiger partial charge in [0.1, 0.15) is 5.82 Å². The molecule has 1 aliphatic heterocycles. The molecule has 7 heteroatoms. The van der Waals surface area contributed by atoms with Crippen LogP contribution in [0.5, 0.6) is 0 Å². The predicted molar refractivity (Wildman–Crippen MR) is 76.0 cm³/mol. The van der Waals surface area contributed by atoms with Crippen LogP contribution in [-0.4, -0.2) is 48.2 Å². The molecule has 1 heterocycles. The Bertz CT molecular complexity index is 542. The lowest BCUT2D eigenvalue weighted by Gasteiger charge is -2.29. The number of anilines is 1. The third-order valence-corrected chi connectivity index (χ3v) is 3.51. The highest BCUT2D eigenvalue weighted by molar-refractivity contribution is 6.00. The van der Waals surface area contributed by atoms with Gasteiger partial charge in [0.05, 0.1) is 11.3 Å². The summed E-state index contributed by atoms with van der Waals surface area (Å²) in [6.45, 7) is 1.79. The Balaban J connectivity index is 1.99. The van der Waals surface area contributed by atoms with Crippen LogP contribution >= 0.6 is 0 Å². The van der Waals surface area contributed by atoms with Crippen LogP contribution in [0.4, 0.5) is 14.9 Å². The highest BCUT2D eigenvalue weighted by Crippen LogP contribution is 2.17. The number of likely N-dealkylation sites (tertiary alicyclic amines) is 1. The zero-order valence-corrected chi connectivity index (χ0v) is 11.7. The molecule has 0 aliphatic carbocycles. The van der Waals surface area contributed by atoms with Gasteiger partial charge in [-0.15, -0.1) is 0 Å². The van der Waals surface area contributed by atoms with E-state index in [0.29, 0.717) is 0 Å². The molecular weight excluding hydrogens is 277 g/mol. The molecule has 1 saturated heterocycles. The van der Waals surface area contributed by atoms with Crippen LogP contribution in [0.2, 0.25) is 0 Å². The summed E-state index contributed by atoms with van der Waals surface area (Å²) in [5.41, 5.74) is -0.192. The number of carboxylic acids is 1. The number of carbonyl (C=O) groups excluding carboxylic acids is 1. The first-order chi connectivity index (χ1) is 9.95. The number of carbonyl (C=O) groups is 2. The molecule has 0 saturated carbocycles.